The van der Waals surface area contributed by atoms with Gasteiger partial charge in [0.2, 0.25) is 0 Å². The normalized spacial score (nSPS) is 11.0. The molecule has 0 spiro atoms. The van der Waals surface area contributed by atoms with Crippen molar-refractivity contribution < 1.29 is 144 Å². The van der Waals surface area contributed by atoms with Gasteiger partial charge in [-0.3, -0.25) is 19.3 Å². The summed E-state index contributed by atoms with van der Waals surface area (Å²) in [4.78, 5) is 38.0. The van der Waals surface area contributed by atoms with Crippen molar-refractivity contribution in [3.8, 4) is 61.4 Å². The fraction of sp³-hybridized carbons (Fsp3) is 0.110. The zero-order valence-electron chi connectivity index (χ0n) is 50.6. The number of aliphatic hydroxyl groups is 2. The Kier molecular flexibility index (Phi) is 36.4. The Labute approximate surface area is 612 Å². The molecule has 1 aliphatic rings. The third-order valence-corrected chi connectivity index (χ3v) is 13.2. The number of oxazole rings is 1. The number of aromatic nitrogens is 6. The Hall–Kier alpha value is -7.35. The number of fused-ring (bicyclic) bond motifs is 4. The van der Waals surface area contributed by atoms with Gasteiger partial charge in [0, 0.05) is 132 Å². The van der Waals surface area contributed by atoms with Crippen molar-refractivity contribution in [2.75, 3.05) is 0 Å². The molecule has 0 saturated heterocycles. The molecule has 13 rings (SSSR count). The molecule has 0 fully saturated rings. The average molecular weight is 2150 g/mol. The molecule has 2 N–H and O–H groups in total. The van der Waals surface area contributed by atoms with E-state index in [0.717, 1.165) is 56.3 Å². The molecule has 0 saturated carbocycles. The van der Waals surface area contributed by atoms with E-state index in [9.17, 15) is 22.8 Å². The summed E-state index contributed by atoms with van der Waals surface area (Å²) in [6.07, 6.45) is 6.92. The van der Waals surface area contributed by atoms with E-state index in [1.165, 1.54) is 68.2 Å². The van der Waals surface area contributed by atoms with Crippen LogP contribution in [0.1, 0.15) is 58.2 Å². The summed E-state index contributed by atoms with van der Waals surface area (Å²) in [5.41, 5.74) is 12.4. The molecule has 0 amide bonds. The molecule has 12 aromatic rings. The number of carbonyl (C=O) groups excluding carboxylic acids is 2. The van der Waals surface area contributed by atoms with Crippen LogP contribution in [0.3, 0.4) is 0 Å². The Morgan fingerprint density at radius 3 is 1.58 bits per heavy atom. The quantitative estimate of drug-likeness (QED) is 0.0681. The summed E-state index contributed by atoms with van der Waals surface area (Å²) in [7, 11) is 0. The summed E-state index contributed by atoms with van der Waals surface area (Å²) in [6.45, 7) is 10.3. The smallest absolute Gasteiger partial charge is 0.381 e. The van der Waals surface area contributed by atoms with E-state index >= 15 is 0 Å². The summed E-state index contributed by atoms with van der Waals surface area (Å²) < 4.78 is 44.3. The number of thiophene rings is 1. The fourth-order valence-electron chi connectivity index (χ4n) is 8.51. The maximum absolute atomic E-state index is 12.3. The van der Waals surface area contributed by atoms with Crippen molar-refractivity contribution in [1.29, 1.82) is 0 Å². The molecule has 11 nitrogen and oxygen atoms in total. The van der Waals surface area contributed by atoms with Crippen molar-refractivity contribution in [1.82, 2.24) is 25.0 Å². The van der Waals surface area contributed by atoms with Crippen LogP contribution in [-0.2, 0) is 123 Å². The second-order valence-corrected chi connectivity index (χ2v) is 20.5. The maximum atomic E-state index is 12.3. The first kappa shape index (κ1) is 81.7. The number of carbonyl (C=O) groups is 2. The Morgan fingerprint density at radius 2 is 1.12 bits per heavy atom. The van der Waals surface area contributed by atoms with Crippen molar-refractivity contribution in [3.05, 3.63) is 301 Å². The molecule has 93 heavy (non-hydrogen) atoms. The van der Waals surface area contributed by atoms with Gasteiger partial charge in [0.05, 0.1) is 22.7 Å². The number of hydrogen-bond donors (Lipinski definition) is 2. The van der Waals surface area contributed by atoms with E-state index in [-0.39, 0.29) is 130 Å². The third-order valence-electron chi connectivity index (χ3n) is 12.4. The summed E-state index contributed by atoms with van der Waals surface area (Å²) in [5.74, 6) is 0.497. The van der Waals surface area contributed by atoms with E-state index in [1.54, 1.807) is 54.3 Å². The number of alkyl halides is 3. The average Bonchev–Trinajstić information content (AvgIpc) is 1.59. The molecular formula is C73H60F3Ir4N6O5PtS-5. The van der Waals surface area contributed by atoms with Crippen LogP contribution in [0.4, 0.5) is 13.2 Å². The first-order chi connectivity index (χ1) is 42.4. The van der Waals surface area contributed by atoms with Gasteiger partial charge in [-0.05, 0) is 97.7 Å². The topological polar surface area (TPSA) is 157 Å². The minimum Gasteiger partial charge on any atom is -0.512 e. The van der Waals surface area contributed by atoms with E-state index < -0.39 is 11.7 Å². The largest absolute Gasteiger partial charge is 0.512 e. The first-order valence-corrected chi connectivity index (χ1v) is 28.2. The molecule has 0 aliphatic heterocycles. The molecular weight excluding hydrogens is 2090 g/mol. The molecule has 1 aliphatic carbocycles. The molecule has 4 radical (unpaired) electrons. The zero-order valence-corrected chi connectivity index (χ0v) is 63.3. The van der Waals surface area contributed by atoms with Gasteiger partial charge in [-0.25, -0.2) is 11.3 Å². The predicted octanol–water partition coefficient (Wildman–Crippen LogP) is 17.1. The number of ketones is 2. The van der Waals surface area contributed by atoms with Crippen LogP contribution in [0.25, 0.3) is 72.5 Å². The summed E-state index contributed by atoms with van der Waals surface area (Å²) >= 11 is 1.66. The molecule has 0 atom stereocenters. The Bertz CT molecular complexity index is 4050. The second-order valence-electron chi connectivity index (χ2n) is 19.6. The maximum Gasteiger partial charge on any atom is 0.381 e. The van der Waals surface area contributed by atoms with Crippen LogP contribution in [-0.4, -0.2) is 41.7 Å². The molecule has 0 unspecified atom stereocenters. The standard InChI is InChI=1S/C18H15N2.C13H8NO.C12H7F3N.C11H8N.C9H6NS.2C5H8O2.4Ir.Pt/c1-18(2)16-7-4-3-6-14(16)15-9-8-13(12-17(15)18)20-11-5-10-19-20;1-2-6-10(7-3-1)13-14-11-8-4-5-9-12(11)15-13;13-12(14,15)10-6-4-9(5-7-10)11-3-1-2-8-16-11;1-2-6-10(7-3-1)11-8-4-5-9-12-11;1-2-6-10-8(4-1)9-5-3-7-11-9;2*1-4(6)3-5(2)7;;;;;/h3-7,9-12H,1-2H3;1-6,8-9H;1-4,6-8H;1-6,8-9H;1-4,6-7H;2*3,6H,1-2H3;;;;;/q5*-1;;;;;;;. The fourth-order valence-corrected chi connectivity index (χ4v) is 9.16. The van der Waals surface area contributed by atoms with Crippen molar-refractivity contribution >= 4 is 34.0 Å². The predicted molar refractivity (Wildman–Crippen MR) is 339 cm³/mol. The molecule has 6 heterocycles. The second kappa shape index (κ2) is 41.4. The summed E-state index contributed by atoms with van der Waals surface area (Å²) in [5, 5.41) is 23.0. The number of allylic oxidation sites excluding steroid dienone is 4. The van der Waals surface area contributed by atoms with Gasteiger partial charge >= 0.3 is 6.18 Å². The van der Waals surface area contributed by atoms with Crippen LogP contribution in [0.15, 0.2) is 259 Å². The third kappa shape index (κ3) is 25.8. The van der Waals surface area contributed by atoms with E-state index in [2.05, 4.69) is 106 Å². The number of rotatable bonds is 7. The number of benzene rings is 6. The molecule has 6 aromatic carbocycles. The number of halogens is 3. The first-order valence-electron chi connectivity index (χ1n) is 27.4. The van der Waals surface area contributed by atoms with Crippen LogP contribution in [0, 0.1) is 30.3 Å². The van der Waals surface area contributed by atoms with Gasteiger partial charge in [0.1, 0.15) is 11.5 Å². The van der Waals surface area contributed by atoms with Gasteiger partial charge in [0.15, 0.2) is 17.8 Å². The van der Waals surface area contributed by atoms with E-state index in [4.69, 9.17) is 14.6 Å². The van der Waals surface area contributed by atoms with Crippen LogP contribution in [0.2, 0.25) is 0 Å². The Balaban J connectivity index is 0.000000376. The van der Waals surface area contributed by atoms with Crippen molar-refractivity contribution in [2.24, 2.45) is 0 Å². The summed E-state index contributed by atoms with van der Waals surface area (Å²) in [6, 6.07) is 75.6. The van der Waals surface area contributed by atoms with Gasteiger partial charge in [-0.15, -0.1) is 125 Å². The minimum absolute atomic E-state index is 0. The van der Waals surface area contributed by atoms with E-state index in [0.29, 0.717) is 17.1 Å². The number of pyridine rings is 3. The van der Waals surface area contributed by atoms with E-state index in [1.807, 2.05) is 138 Å². The SMILES string of the molecule is CC(=O)C=C(C)O.CC(=O)C=C(C)O.CC1(C)c2ccccc2-c2c[c-]c(-[n+]3ccc[n-]3)cc21.FC(F)(F)c1c[c-]c(-c2ccccn2)cc1.[Ir].[Ir].[Ir].[Ir].[Pt].[c-]1ccccc1-c1ccccn1.[c-]1ccccc1-c1nc2ccccc2o1.[c-]1ccsc1-c1ccccn1. The number of aliphatic hydroxyl groups excluding tert-OH is 2. The molecule has 0 bridgehead atoms. The Morgan fingerprint density at radius 1 is 0.581 bits per heavy atom. The monoisotopic (exact) mass is 2160 g/mol. The number of para-hydroxylation sites is 2. The van der Waals surface area contributed by atoms with Crippen molar-refractivity contribution in [3.63, 3.8) is 0 Å². The van der Waals surface area contributed by atoms with Gasteiger partial charge in [0.25, 0.3) is 0 Å². The minimum atomic E-state index is -4.32. The van der Waals surface area contributed by atoms with Gasteiger partial charge < -0.3 is 34.7 Å². The van der Waals surface area contributed by atoms with Crippen LogP contribution in [0.5, 0.6) is 0 Å². The number of nitrogens with zero attached hydrogens (tertiary/aromatic N) is 6. The number of hydrogen-bond acceptors (Lipinski definition) is 10. The van der Waals surface area contributed by atoms with Crippen LogP contribution < -0.4 is 9.78 Å². The van der Waals surface area contributed by atoms with Crippen LogP contribution >= 0.6 is 11.3 Å². The molecule has 490 valence electrons. The van der Waals surface area contributed by atoms with Gasteiger partial charge in [-0.1, -0.05) is 109 Å². The molecule has 20 heteroatoms. The molecule has 6 aromatic heterocycles. The zero-order chi connectivity index (χ0) is 62.9. The van der Waals surface area contributed by atoms with Gasteiger partial charge in [-0.2, -0.15) is 31.4 Å². The van der Waals surface area contributed by atoms with Crippen molar-refractivity contribution in [2.45, 2.75) is 53.1 Å².